The van der Waals surface area contributed by atoms with Gasteiger partial charge >= 0.3 is 5.97 Å². The molecule has 1 aliphatic rings. The summed E-state index contributed by atoms with van der Waals surface area (Å²) in [5, 5.41) is 18.5. The minimum atomic E-state index is -0.941. The van der Waals surface area contributed by atoms with Crippen molar-refractivity contribution in [2.24, 2.45) is 5.92 Å². The molecule has 0 aliphatic carbocycles. The zero-order chi connectivity index (χ0) is 16.2. The summed E-state index contributed by atoms with van der Waals surface area (Å²) < 4.78 is 0. The molecule has 1 saturated heterocycles. The molecule has 2 heterocycles. The van der Waals surface area contributed by atoms with E-state index in [0.29, 0.717) is 5.13 Å². The van der Waals surface area contributed by atoms with Gasteiger partial charge in [-0.3, -0.25) is 14.5 Å². The first kappa shape index (κ1) is 15.9. The van der Waals surface area contributed by atoms with Gasteiger partial charge in [0.05, 0.1) is 5.92 Å². The van der Waals surface area contributed by atoms with E-state index in [1.165, 1.54) is 21.8 Å². The van der Waals surface area contributed by atoms with Crippen molar-refractivity contribution in [3.63, 3.8) is 0 Å². The lowest BCUT2D eigenvalue weighted by atomic mass is 10.1. The molecule has 1 unspecified atom stereocenters. The molecule has 2 aromatic rings. The van der Waals surface area contributed by atoms with Gasteiger partial charge in [-0.15, -0.1) is 22.0 Å². The maximum Gasteiger partial charge on any atom is 0.308 e. The molecular weight excluding hydrogens is 334 g/mol. The van der Waals surface area contributed by atoms with E-state index in [2.05, 4.69) is 22.3 Å². The van der Waals surface area contributed by atoms with Gasteiger partial charge in [-0.05, 0) is 5.56 Å². The van der Waals surface area contributed by atoms with E-state index < -0.39 is 11.9 Å². The monoisotopic (exact) mass is 349 g/mol. The smallest absolute Gasteiger partial charge is 0.308 e. The predicted octanol–water partition coefficient (Wildman–Crippen LogP) is 2.41. The molecule has 1 aromatic heterocycles. The van der Waals surface area contributed by atoms with Crippen molar-refractivity contribution >= 4 is 40.1 Å². The second-order valence-corrected chi connectivity index (χ2v) is 7.23. The molecule has 1 amide bonds. The highest BCUT2D eigenvalue weighted by Gasteiger charge is 2.36. The van der Waals surface area contributed by atoms with Gasteiger partial charge in [0.2, 0.25) is 11.0 Å². The van der Waals surface area contributed by atoms with Crippen molar-refractivity contribution in [1.82, 2.24) is 10.2 Å². The molecule has 0 radical (unpaired) electrons. The molecule has 1 aliphatic heterocycles. The van der Waals surface area contributed by atoms with Gasteiger partial charge in [0, 0.05) is 24.5 Å². The lowest BCUT2D eigenvalue weighted by Crippen LogP contribution is -2.25. The third-order valence-corrected chi connectivity index (χ3v) is 5.64. The van der Waals surface area contributed by atoms with Gasteiger partial charge in [-0.1, -0.05) is 41.7 Å². The van der Waals surface area contributed by atoms with Crippen LogP contribution in [0.15, 0.2) is 30.3 Å². The molecule has 23 heavy (non-hydrogen) atoms. The van der Waals surface area contributed by atoms with E-state index in [9.17, 15) is 9.59 Å². The quantitative estimate of drug-likeness (QED) is 0.862. The van der Waals surface area contributed by atoms with Crippen LogP contribution in [0.5, 0.6) is 0 Å². The topological polar surface area (TPSA) is 83.4 Å². The fraction of sp³-hybridized carbons (Fsp3) is 0.333. The number of carboxylic acids is 1. The Bertz CT molecular complexity index is 705. The number of carbonyl (C=O) groups is 2. The Hall–Kier alpha value is -1.93. The Morgan fingerprint density at radius 3 is 2.78 bits per heavy atom. The Labute approximate surface area is 141 Å². The van der Waals surface area contributed by atoms with Crippen LogP contribution in [0.25, 0.3) is 0 Å². The highest BCUT2D eigenvalue weighted by molar-refractivity contribution is 7.97. The number of aliphatic carboxylic acids is 1. The lowest BCUT2D eigenvalue weighted by molar-refractivity contribution is -0.141. The summed E-state index contributed by atoms with van der Waals surface area (Å²) in [5.74, 6) is -0.181. The summed E-state index contributed by atoms with van der Waals surface area (Å²) in [7, 11) is 0. The van der Waals surface area contributed by atoms with Crippen LogP contribution < -0.4 is 4.90 Å². The summed E-state index contributed by atoms with van der Waals surface area (Å²) >= 11 is 3.08. The number of carboxylic acid groups (broad SMARTS) is 1. The summed E-state index contributed by atoms with van der Waals surface area (Å²) in [6.07, 6.45) is 0.0347. The fourth-order valence-electron chi connectivity index (χ4n) is 2.30. The number of nitrogens with zero attached hydrogens (tertiary/aromatic N) is 3. The van der Waals surface area contributed by atoms with Crippen molar-refractivity contribution in [3.05, 3.63) is 40.9 Å². The standard InChI is InChI=1S/C15H15N3O3S2/c19-13-6-11(14(20)21)7-18(13)15-17-16-12(23-15)9-22-8-10-4-2-1-3-5-10/h1-5,11H,6-9H2,(H,20,21). The van der Waals surface area contributed by atoms with Crippen molar-refractivity contribution < 1.29 is 14.7 Å². The van der Waals surface area contributed by atoms with Crippen LogP contribution in [-0.2, 0) is 21.1 Å². The first-order chi connectivity index (χ1) is 11.1. The van der Waals surface area contributed by atoms with E-state index in [0.717, 1.165) is 16.5 Å². The fourth-order valence-corrected chi connectivity index (χ4v) is 4.21. The number of thioether (sulfide) groups is 1. The predicted molar refractivity (Wildman–Crippen MR) is 89.4 cm³/mol. The van der Waals surface area contributed by atoms with Crippen LogP contribution in [0, 0.1) is 5.92 Å². The van der Waals surface area contributed by atoms with Gasteiger partial charge in [-0.2, -0.15) is 0 Å². The van der Waals surface area contributed by atoms with Gasteiger partial charge < -0.3 is 5.11 Å². The van der Waals surface area contributed by atoms with Crippen LogP contribution in [0.1, 0.15) is 17.0 Å². The third-order valence-electron chi connectivity index (χ3n) is 3.50. The van der Waals surface area contributed by atoms with Crippen LogP contribution in [0.4, 0.5) is 5.13 Å². The van der Waals surface area contributed by atoms with E-state index >= 15 is 0 Å². The molecule has 1 fully saturated rings. The van der Waals surface area contributed by atoms with E-state index in [1.807, 2.05) is 18.2 Å². The third kappa shape index (κ3) is 3.89. The normalized spacial score (nSPS) is 17.7. The first-order valence-electron chi connectivity index (χ1n) is 7.10. The maximum absolute atomic E-state index is 11.9. The number of hydrogen-bond donors (Lipinski definition) is 1. The minimum Gasteiger partial charge on any atom is -0.481 e. The van der Waals surface area contributed by atoms with Crippen LogP contribution in [0.3, 0.4) is 0 Å². The number of hydrogen-bond acceptors (Lipinski definition) is 6. The molecule has 1 N–H and O–H groups in total. The van der Waals surface area contributed by atoms with Gasteiger partial charge in [-0.25, -0.2) is 0 Å². The number of aromatic nitrogens is 2. The number of carbonyl (C=O) groups excluding carboxylic acids is 1. The Morgan fingerprint density at radius 1 is 1.30 bits per heavy atom. The molecule has 1 aromatic carbocycles. The second-order valence-electron chi connectivity index (χ2n) is 5.20. The Kier molecular flexibility index (Phi) is 4.92. The molecule has 1 atom stereocenters. The molecule has 0 saturated carbocycles. The minimum absolute atomic E-state index is 0.0347. The summed E-state index contributed by atoms with van der Waals surface area (Å²) in [6.45, 7) is 0.181. The van der Waals surface area contributed by atoms with E-state index in [1.54, 1.807) is 11.8 Å². The summed E-state index contributed by atoms with van der Waals surface area (Å²) in [6, 6.07) is 10.2. The number of amides is 1. The van der Waals surface area contributed by atoms with Crippen molar-refractivity contribution in [2.45, 2.75) is 17.9 Å². The van der Waals surface area contributed by atoms with E-state index in [-0.39, 0.29) is 18.9 Å². The average Bonchev–Trinajstić information content (AvgIpc) is 3.15. The SMILES string of the molecule is O=C(O)C1CC(=O)N(c2nnc(CSCc3ccccc3)s2)C1. The second kappa shape index (κ2) is 7.10. The first-order valence-corrected chi connectivity index (χ1v) is 9.08. The molecule has 8 heteroatoms. The van der Waals surface area contributed by atoms with Crippen molar-refractivity contribution in [2.75, 3.05) is 11.4 Å². The van der Waals surface area contributed by atoms with E-state index in [4.69, 9.17) is 5.11 Å². The maximum atomic E-state index is 11.9. The number of benzene rings is 1. The Balaban J connectivity index is 1.56. The Morgan fingerprint density at radius 2 is 2.09 bits per heavy atom. The number of anilines is 1. The van der Waals surface area contributed by atoms with Crippen LogP contribution in [0.2, 0.25) is 0 Å². The van der Waals surface area contributed by atoms with Gasteiger partial charge in [0.15, 0.2) is 0 Å². The lowest BCUT2D eigenvalue weighted by Gasteiger charge is -2.10. The van der Waals surface area contributed by atoms with Gasteiger partial charge in [0.25, 0.3) is 0 Å². The average molecular weight is 349 g/mol. The molecule has 0 bridgehead atoms. The molecule has 0 spiro atoms. The van der Waals surface area contributed by atoms with Gasteiger partial charge in [0.1, 0.15) is 5.01 Å². The summed E-state index contributed by atoms with van der Waals surface area (Å²) in [5.41, 5.74) is 1.25. The molecular formula is C15H15N3O3S2. The number of rotatable bonds is 6. The molecule has 6 nitrogen and oxygen atoms in total. The zero-order valence-electron chi connectivity index (χ0n) is 12.2. The van der Waals surface area contributed by atoms with Crippen LogP contribution >= 0.6 is 23.1 Å². The largest absolute Gasteiger partial charge is 0.481 e. The van der Waals surface area contributed by atoms with Crippen LogP contribution in [-0.4, -0.2) is 33.7 Å². The molecule has 3 rings (SSSR count). The highest BCUT2D eigenvalue weighted by atomic mass is 32.2. The zero-order valence-corrected chi connectivity index (χ0v) is 13.8. The highest BCUT2D eigenvalue weighted by Crippen LogP contribution is 2.29. The van der Waals surface area contributed by atoms with Crippen molar-refractivity contribution in [3.8, 4) is 0 Å². The molecule has 120 valence electrons. The summed E-state index contributed by atoms with van der Waals surface area (Å²) in [4.78, 5) is 24.3. The van der Waals surface area contributed by atoms with Crippen molar-refractivity contribution in [1.29, 1.82) is 0 Å².